The van der Waals surface area contributed by atoms with Crippen molar-refractivity contribution >= 4 is 17.5 Å². The predicted molar refractivity (Wildman–Crippen MR) is 75.3 cm³/mol. The van der Waals surface area contributed by atoms with E-state index in [0.29, 0.717) is 17.0 Å². The molecule has 2 rings (SSSR count). The lowest BCUT2D eigenvalue weighted by Crippen LogP contribution is -2.26. The first kappa shape index (κ1) is 13.9. The quantitative estimate of drug-likeness (QED) is 0.899. The molecule has 104 valence electrons. The van der Waals surface area contributed by atoms with Crippen molar-refractivity contribution in [2.24, 2.45) is 0 Å². The number of hydrogen-bond acceptors (Lipinski definition) is 3. The van der Waals surface area contributed by atoms with Crippen molar-refractivity contribution in [2.45, 2.75) is 19.9 Å². The predicted octanol–water partition coefficient (Wildman–Crippen LogP) is 2.73. The molecule has 0 aliphatic rings. The molecule has 2 N–H and O–H groups in total. The van der Waals surface area contributed by atoms with Crippen molar-refractivity contribution in [3.8, 4) is 0 Å². The summed E-state index contributed by atoms with van der Waals surface area (Å²) in [6, 6.07) is 10.1. The minimum atomic E-state index is -0.221. The molecule has 0 bridgehead atoms. The van der Waals surface area contributed by atoms with Gasteiger partial charge in [-0.3, -0.25) is 9.59 Å². The van der Waals surface area contributed by atoms with Gasteiger partial charge in [-0.1, -0.05) is 6.07 Å². The van der Waals surface area contributed by atoms with Crippen molar-refractivity contribution < 1.29 is 14.0 Å². The topological polar surface area (TPSA) is 71.3 Å². The second kappa shape index (κ2) is 6.06. The Morgan fingerprint density at radius 1 is 1.20 bits per heavy atom. The Balaban J connectivity index is 2.07. The summed E-state index contributed by atoms with van der Waals surface area (Å²) in [5, 5.41) is 5.48. The highest BCUT2D eigenvalue weighted by Gasteiger charge is 2.13. The first-order chi connectivity index (χ1) is 9.56. The molecule has 0 saturated carbocycles. The molecule has 5 heteroatoms. The van der Waals surface area contributed by atoms with Gasteiger partial charge in [0.25, 0.3) is 5.91 Å². The van der Waals surface area contributed by atoms with E-state index < -0.39 is 0 Å². The fraction of sp³-hybridized carbons (Fsp3) is 0.200. The number of carbonyl (C=O) groups is 2. The van der Waals surface area contributed by atoms with Crippen LogP contribution in [0.3, 0.4) is 0 Å². The van der Waals surface area contributed by atoms with Crippen LogP contribution in [-0.4, -0.2) is 11.8 Å². The third-order valence-electron chi connectivity index (χ3n) is 2.76. The molecule has 2 amide bonds. The molecule has 2 aromatic rings. The number of rotatable bonds is 4. The number of benzene rings is 1. The summed E-state index contributed by atoms with van der Waals surface area (Å²) in [5.74, 6) is 0.295. The van der Waals surface area contributed by atoms with Crippen LogP contribution in [0.15, 0.2) is 47.1 Å². The van der Waals surface area contributed by atoms with Crippen LogP contribution < -0.4 is 10.6 Å². The minimum Gasteiger partial charge on any atom is -0.467 e. The Kier molecular flexibility index (Phi) is 4.20. The normalized spacial score (nSPS) is 11.7. The maximum Gasteiger partial charge on any atom is 0.251 e. The molecule has 0 saturated heterocycles. The van der Waals surface area contributed by atoms with E-state index in [2.05, 4.69) is 10.6 Å². The van der Waals surface area contributed by atoms with Crippen LogP contribution in [0, 0.1) is 0 Å². The smallest absolute Gasteiger partial charge is 0.251 e. The van der Waals surface area contributed by atoms with Gasteiger partial charge in [-0.05, 0) is 37.3 Å². The fourth-order valence-corrected chi connectivity index (χ4v) is 1.83. The van der Waals surface area contributed by atoms with Crippen LogP contribution in [0.1, 0.15) is 36.0 Å². The van der Waals surface area contributed by atoms with Crippen molar-refractivity contribution in [3.63, 3.8) is 0 Å². The van der Waals surface area contributed by atoms with Gasteiger partial charge < -0.3 is 15.1 Å². The summed E-state index contributed by atoms with van der Waals surface area (Å²) in [6.07, 6.45) is 1.56. The average molecular weight is 272 g/mol. The summed E-state index contributed by atoms with van der Waals surface area (Å²) in [5.41, 5.74) is 1.07. The van der Waals surface area contributed by atoms with E-state index in [0.717, 1.165) is 0 Å². The Morgan fingerprint density at radius 2 is 2.00 bits per heavy atom. The van der Waals surface area contributed by atoms with E-state index in [9.17, 15) is 9.59 Å². The van der Waals surface area contributed by atoms with E-state index >= 15 is 0 Å². The van der Waals surface area contributed by atoms with Gasteiger partial charge >= 0.3 is 0 Å². The maximum absolute atomic E-state index is 12.1. The number of furan rings is 1. The second-order valence-corrected chi connectivity index (χ2v) is 4.47. The number of anilines is 1. The van der Waals surface area contributed by atoms with E-state index in [1.165, 1.54) is 6.92 Å². The highest BCUT2D eigenvalue weighted by Crippen LogP contribution is 2.15. The standard InChI is InChI=1S/C15H16N2O3/c1-10(14-7-4-8-20-14)16-15(19)12-5-3-6-13(9-12)17-11(2)18/h3-10H,1-2H3,(H,16,19)(H,17,18). The van der Waals surface area contributed by atoms with Gasteiger partial charge in [0, 0.05) is 18.2 Å². The minimum absolute atomic E-state index is 0.175. The average Bonchev–Trinajstić information content (AvgIpc) is 2.92. The highest BCUT2D eigenvalue weighted by atomic mass is 16.3. The molecule has 0 spiro atoms. The number of hydrogen-bond donors (Lipinski definition) is 2. The summed E-state index contributed by atoms with van der Waals surface area (Å²) in [4.78, 5) is 23.1. The van der Waals surface area contributed by atoms with Crippen LogP contribution in [0.5, 0.6) is 0 Å². The highest BCUT2D eigenvalue weighted by molar-refractivity contribution is 5.96. The van der Waals surface area contributed by atoms with E-state index in [4.69, 9.17) is 4.42 Å². The number of amides is 2. The van der Waals surface area contributed by atoms with E-state index in [1.807, 2.05) is 6.92 Å². The van der Waals surface area contributed by atoms with Gasteiger partial charge in [0.1, 0.15) is 5.76 Å². The lowest BCUT2D eigenvalue weighted by molar-refractivity contribution is -0.114. The van der Waals surface area contributed by atoms with Crippen LogP contribution in [0.25, 0.3) is 0 Å². The lowest BCUT2D eigenvalue weighted by Gasteiger charge is -2.12. The molecule has 0 radical (unpaired) electrons. The lowest BCUT2D eigenvalue weighted by atomic mass is 10.1. The molecule has 1 unspecified atom stereocenters. The molecule has 0 fully saturated rings. The van der Waals surface area contributed by atoms with Crippen LogP contribution in [0.4, 0.5) is 5.69 Å². The number of nitrogens with one attached hydrogen (secondary N) is 2. The third-order valence-corrected chi connectivity index (χ3v) is 2.76. The summed E-state index contributed by atoms with van der Waals surface area (Å²) >= 11 is 0. The summed E-state index contributed by atoms with van der Waals surface area (Å²) in [7, 11) is 0. The molecule has 1 heterocycles. The molecule has 20 heavy (non-hydrogen) atoms. The second-order valence-electron chi connectivity index (χ2n) is 4.47. The van der Waals surface area contributed by atoms with Gasteiger partial charge in [-0.25, -0.2) is 0 Å². The SMILES string of the molecule is CC(=O)Nc1cccc(C(=O)NC(C)c2ccco2)c1. The molecule has 0 aliphatic carbocycles. The Hall–Kier alpha value is -2.56. The molecule has 5 nitrogen and oxygen atoms in total. The zero-order valence-electron chi connectivity index (χ0n) is 11.3. The van der Waals surface area contributed by atoms with Gasteiger partial charge in [-0.15, -0.1) is 0 Å². The Bertz CT molecular complexity index is 605. The van der Waals surface area contributed by atoms with Crippen molar-refractivity contribution in [1.29, 1.82) is 0 Å². The fourth-order valence-electron chi connectivity index (χ4n) is 1.83. The Labute approximate surface area is 117 Å². The van der Waals surface area contributed by atoms with E-state index in [1.54, 1.807) is 42.7 Å². The van der Waals surface area contributed by atoms with Crippen molar-refractivity contribution in [1.82, 2.24) is 5.32 Å². The summed E-state index contributed by atoms with van der Waals surface area (Å²) < 4.78 is 5.24. The molecule has 0 aliphatic heterocycles. The zero-order valence-corrected chi connectivity index (χ0v) is 11.3. The van der Waals surface area contributed by atoms with Crippen LogP contribution >= 0.6 is 0 Å². The van der Waals surface area contributed by atoms with E-state index in [-0.39, 0.29) is 17.9 Å². The van der Waals surface area contributed by atoms with Gasteiger partial charge in [0.15, 0.2) is 0 Å². The molecule has 1 aromatic carbocycles. The molecular formula is C15H16N2O3. The van der Waals surface area contributed by atoms with Crippen molar-refractivity contribution in [3.05, 3.63) is 54.0 Å². The third kappa shape index (κ3) is 3.47. The van der Waals surface area contributed by atoms with Gasteiger partial charge in [0.2, 0.25) is 5.91 Å². The monoisotopic (exact) mass is 272 g/mol. The first-order valence-corrected chi connectivity index (χ1v) is 6.28. The van der Waals surface area contributed by atoms with Crippen LogP contribution in [-0.2, 0) is 4.79 Å². The first-order valence-electron chi connectivity index (χ1n) is 6.28. The van der Waals surface area contributed by atoms with Crippen LogP contribution in [0.2, 0.25) is 0 Å². The zero-order chi connectivity index (χ0) is 14.5. The summed E-state index contributed by atoms with van der Waals surface area (Å²) in [6.45, 7) is 3.26. The van der Waals surface area contributed by atoms with Crippen molar-refractivity contribution in [2.75, 3.05) is 5.32 Å². The van der Waals surface area contributed by atoms with Gasteiger partial charge in [0.05, 0.1) is 12.3 Å². The largest absolute Gasteiger partial charge is 0.467 e. The molecular weight excluding hydrogens is 256 g/mol. The maximum atomic E-state index is 12.1. The number of carbonyl (C=O) groups excluding carboxylic acids is 2. The molecule has 1 aromatic heterocycles. The Morgan fingerprint density at radius 3 is 2.65 bits per heavy atom. The van der Waals surface area contributed by atoms with Gasteiger partial charge in [-0.2, -0.15) is 0 Å². The molecule has 1 atom stereocenters.